The highest BCUT2D eigenvalue weighted by Crippen LogP contribution is 2.23. The summed E-state index contributed by atoms with van der Waals surface area (Å²) in [5, 5.41) is 5.25. The Labute approximate surface area is 178 Å². The summed E-state index contributed by atoms with van der Waals surface area (Å²) in [5.74, 6) is -1.58. The summed E-state index contributed by atoms with van der Waals surface area (Å²) in [4.78, 5) is 25.1. The molecule has 0 saturated heterocycles. The first-order chi connectivity index (χ1) is 13.9. The summed E-state index contributed by atoms with van der Waals surface area (Å²) >= 11 is 4.41. The molecule has 2 N–H and O–H groups in total. The van der Waals surface area contributed by atoms with Crippen molar-refractivity contribution in [3.8, 4) is 0 Å². The van der Waals surface area contributed by atoms with Crippen LogP contribution >= 0.6 is 27.7 Å². The molecular formula is C21H15BrF2N2O2S. The third-order valence-electron chi connectivity index (χ3n) is 3.77. The van der Waals surface area contributed by atoms with Gasteiger partial charge in [0.1, 0.15) is 11.6 Å². The van der Waals surface area contributed by atoms with Crippen LogP contribution in [-0.4, -0.2) is 17.6 Å². The maximum absolute atomic E-state index is 13.8. The van der Waals surface area contributed by atoms with Crippen molar-refractivity contribution in [2.75, 3.05) is 16.4 Å². The minimum atomic E-state index is -0.525. The molecule has 0 saturated carbocycles. The van der Waals surface area contributed by atoms with Gasteiger partial charge in [0.05, 0.1) is 11.4 Å². The van der Waals surface area contributed by atoms with Crippen molar-refractivity contribution in [3.63, 3.8) is 0 Å². The van der Waals surface area contributed by atoms with E-state index in [1.165, 1.54) is 48.2 Å². The zero-order chi connectivity index (χ0) is 20.8. The number of thioether (sulfide) groups is 1. The Morgan fingerprint density at radius 1 is 0.931 bits per heavy atom. The van der Waals surface area contributed by atoms with E-state index < -0.39 is 11.6 Å². The topological polar surface area (TPSA) is 58.2 Å². The SMILES string of the molecule is O=C(CSc1cccc(NC(=O)c2ccc(F)cc2)c1)Nc1ccc(Br)cc1F. The van der Waals surface area contributed by atoms with Crippen LogP contribution in [0.4, 0.5) is 20.2 Å². The second kappa shape index (κ2) is 9.67. The van der Waals surface area contributed by atoms with Gasteiger partial charge >= 0.3 is 0 Å². The first kappa shape index (κ1) is 21.0. The first-order valence-electron chi connectivity index (χ1n) is 8.45. The zero-order valence-corrected chi connectivity index (χ0v) is 17.3. The van der Waals surface area contributed by atoms with Crippen LogP contribution in [0.3, 0.4) is 0 Å². The molecule has 8 heteroatoms. The Morgan fingerprint density at radius 2 is 1.69 bits per heavy atom. The van der Waals surface area contributed by atoms with Crippen LogP contribution in [0.5, 0.6) is 0 Å². The van der Waals surface area contributed by atoms with Gasteiger partial charge in [-0.3, -0.25) is 9.59 Å². The molecular weight excluding hydrogens is 462 g/mol. The molecule has 0 aliphatic carbocycles. The van der Waals surface area contributed by atoms with Crippen molar-refractivity contribution in [3.05, 3.63) is 88.4 Å². The van der Waals surface area contributed by atoms with Crippen molar-refractivity contribution in [1.29, 1.82) is 0 Å². The predicted octanol–water partition coefficient (Wildman–Crippen LogP) is 5.71. The van der Waals surface area contributed by atoms with E-state index in [4.69, 9.17) is 0 Å². The molecule has 4 nitrogen and oxygen atoms in total. The van der Waals surface area contributed by atoms with Gasteiger partial charge in [-0.2, -0.15) is 0 Å². The van der Waals surface area contributed by atoms with E-state index in [2.05, 4.69) is 26.6 Å². The molecule has 29 heavy (non-hydrogen) atoms. The molecule has 0 heterocycles. The summed E-state index contributed by atoms with van der Waals surface area (Å²) in [7, 11) is 0. The Bertz CT molecular complexity index is 1050. The maximum atomic E-state index is 13.8. The predicted molar refractivity (Wildman–Crippen MR) is 114 cm³/mol. The quantitative estimate of drug-likeness (QED) is 0.448. The number of carbonyl (C=O) groups is 2. The number of carbonyl (C=O) groups excluding carboxylic acids is 2. The lowest BCUT2D eigenvalue weighted by molar-refractivity contribution is -0.113. The van der Waals surface area contributed by atoms with Crippen LogP contribution < -0.4 is 10.6 Å². The van der Waals surface area contributed by atoms with Crippen molar-refractivity contribution in [2.45, 2.75) is 4.90 Å². The molecule has 0 bridgehead atoms. The van der Waals surface area contributed by atoms with E-state index in [9.17, 15) is 18.4 Å². The lowest BCUT2D eigenvalue weighted by atomic mass is 10.2. The van der Waals surface area contributed by atoms with Gasteiger partial charge in [-0.15, -0.1) is 11.8 Å². The molecule has 0 atom stereocenters. The molecule has 0 aliphatic rings. The highest BCUT2D eigenvalue weighted by Gasteiger charge is 2.10. The van der Waals surface area contributed by atoms with Crippen LogP contribution in [0.25, 0.3) is 0 Å². The third-order valence-corrected chi connectivity index (χ3v) is 5.26. The lowest BCUT2D eigenvalue weighted by Crippen LogP contribution is -2.15. The molecule has 2 amide bonds. The average Bonchev–Trinajstić information content (AvgIpc) is 2.69. The van der Waals surface area contributed by atoms with E-state index in [1.54, 1.807) is 30.3 Å². The highest BCUT2D eigenvalue weighted by molar-refractivity contribution is 9.10. The van der Waals surface area contributed by atoms with Crippen molar-refractivity contribution < 1.29 is 18.4 Å². The molecule has 0 aliphatic heterocycles. The molecule has 3 aromatic rings. The molecule has 148 valence electrons. The Hall–Kier alpha value is -2.71. The van der Waals surface area contributed by atoms with Crippen molar-refractivity contribution in [2.24, 2.45) is 0 Å². The number of anilines is 2. The Morgan fingerprint density at radius 3 is 2.41 bits per heavy atom. The van der Waals surface area contributed by atoms with Crippen molar-refractivity contribution in [1.82, 2.24) is 0 Å². The minimum Gasteiger partial charge on any atom is -0.323 e. The van der Waals surface area contributed by atoms with E-state index in [-0.39, 0.29) is 23.3 Å². The summed E-state index contributed by atoms with van der Waals surface area (Å²) in [6.45, 7) is 0. The number of benzene rings is 3. The van der Waals surface area contributed by atoms with Crippen LogP contribution in [0.1, 0.15) is 10.4 Å². The second-order valence-corrected chi connectivity index (χ2v) is 7.91. The fourth-order valence-electron chi connectivity index (χ4n) is 2.39. The largest absolute Gasteiger partial charge is 0.323 e. The van der Waals surface area contributed by atoms with E-state index >= 15 is 0 Å². The van der Waals surface area contributed by atoms with E-state index in [1.807, 2.05) is 0 Å². The Kier molecular flexibility index (Phi) is 7.00. The zero-order valence-electron chi connectivity index (χ0n) is 14.9. The van der Waals surface area contributed by atoms with Crippen LogP contribution in [-0.2, 0) is 4.79 Å². The van der Waals surface area contributed by atoms with Gasteiger partial charge in [-0.1, -0.05) is 22.0 Å². The number of rotatable bonds is 6. The van der Waals surface area contributed by atoms with Crippen LogP contribution in [0, 0.1) is 11.6 Å². The van der Waals surface area contributed by atoms with Gasteiger partial charge in [-0.25, -0.2) is 8.78 Å². The standard InChI is InChI=1S/C21H15BrF2N2O2S/c22-14-6-9-19(18(24)10-14)26-20(27)12-29-17-3-1-2-16(11-17)25-21(28)13-4-7-15(23)8-5-13/h1-11H,12H2,(H,25,28)(H,26,27). The molecule has 0 unspecified atom stereocenters. The normalized spacial score (nSPS) is 10.4. The average molecular weight is 477 g/mol. The third kappa shape index (κ3) is 6.13. The fourth-order valence-corrected chi connectivity index (χ4v) is 3.48. The maximum Gasteiger partial charge on any atom is 0.255 e. The number of nitrogens with one attached hydrogen (secondary N) is 2. The number of halogens is 3. The van der Waals surface area contributed by atoms with Crippen LogP contribution in [0.15, 0.2) is 76.1 Å². The fraction of sp³-hybridized carbons (Fsp3) is 0.0476. The van der Waals surface area contributed by atoms with Gasteiger partial charge in [0.2, 0.25) is 5.91 Å². The molecule has 3 rings (SSSR count). The lowest BCUT2D eigenvalue weighted by Gasteiger charge is -2.09. The molecule has 0 spiro atoms. The monoisotopic (exact) mass is 476 g/mol. The molecule has 0 aromatic heterocycles. The summed E-state index contributed by atoms with van der Waals surface area (Å²) in [6.07, 6.45) is 0. The van der Waals surface area contributed by atoms with E-state index in [0.29, 0.717) is 15.7 Å². The van der Waals surface area contributed by atoms with Gasteiger partial charge < -0.3 is 10.6 Å². The number of hydrogen-bond donors (Lipinski definition) is 2. The van der Waals surface area contributed by atoms with Gasteiger partial charge in [-0.05, 0) is 60.7 Å². The van der Waals surface area contributed by atoms with Crippen LogP contribution in [0.2, 0.25) is 0 Å². The summed E-state index contributed by atoms with van der Waals surface area (Å²) in [5.41, 5.74) is 0.989. The molecule has 0 fully saturated rings. The number of amides is 2. The Balaban J connectivity index is 1.57. The summed E-state index contributed by atoms with van der Waals surface area (Å²) < 4.78 is 27.4. The summed E-state index contributed by atoms with van der Waals surface area (Å²) in [6, 6.07) is 16.6. The first-order valence-corrected chi connectivity index (χ1v) is 10.2. The minimum absolute atomic E-state index is 0.0743. The van der Waals surface area contributed by atoms with Gasteiger partial charge in [0.25, 0.3) is 5.91 Å². The van der Waals surface area contributed by atoms with E-state index in [0.717, 1.165) is 4.90 Å². The molecule has 0 radical (unpaired) electrons. The second-order valence-electron chi connectivity index (χ2n) is 5.95. The molecule has 3 aromatic carbocycles. The van der Waals surface area contributed by atoms with Gasteiger partial charge in [0.15, 0.2) is 0 Å². The highest BCUT2D eigenvalue weighted by atomic mass is 79.9. The van der Waals surface area contributed by atoms with Crippen molar-refractivity contribution >= 4 is 50.9 Å². The smallest absolute Gasteiger partial charge is 0.255 e. The number of hydrogen-bond acceptors (Lipinski definition) is 3. The van der Waals surface area contributed by atoms with Gasteiger partial charge in [0, 0.05) is 20.6 Å².